The summed E-state index contributed by atoms with van der Waals surface area (Å²) in [5, 5.41) is 14.8. The topological polar surface area (TPSA) is 99.0 Å². The second-order valence-corrected chi connectivity index (χ2v) is 7.77. The van der Waals surface area contributed by atoms with Gasteiger partial charge in [0.2, 0.25) is 5.91 Å². The molecule has 0 spiro atoms. The van der Waals surface area contributed by atoms with E-state index < -0.39 is 11.4 Å². The number of hydrogen-bond acceptors (Lipinski definition) is 7. The fourth-order valence-electron chi connectivity index (χ4n) is 1.95. The molecule has 9 heteroatoms. The van der Waals surface area contributed by atoms with Gasteiger partial charge in [-0.25, -0.2) is 9.48 Å². The Morgan fingerprint density at radius 1 is 1.36 bits per heavy atom. The first-order valence-corrected chi connectivity index (χ1v) is 8.88. The minimum atomic E-state index is -0.505. The second kappa shape index (κ2) is 7.73. The fraction of sp³-hybridized carbons (Fsp3) is 0.562. The molecule has 0 saturated carbocycles. The van der Waals surface area contributed by atoms with Crippen LogP contribution in [0.15, 0.2) is 6.07 Å². The molecule has 2 aromatic heterocycles. The van der Waals surface area contributed by atoms with Crippen molar-refractivity contribution in [2.24, 2.45) is 5.41 Å². The first kappa shape index (κ1) is 19.0. The Hall–Kier alpha value is -2.29. The quantitative estimate of drug-likeness (QED) is 0.790. The van der Waals surface area contributed by atoms with E-state index in [1.54, 1.807) is 17.7 Å². The maximum atomic E-state index is 12.3. The van der Waals surface area contributed by atoms with Crippen LogP contribution in [0.2, 0.25) is 0 Å². The van der Waals surface area contributed by atoms with Gasteiger partial charge in [-0.15, -0.1) is 16.4 Å². The first-order valence-electron chi connectivity index (χ1n) is 8.06. The van der Waals surface area contributed by atoms with Gasteiger partial charge < -0.3 is 10.1 Å². The molecule has 2 rings (SSSR count). The number of rotatable bonds is 6. The minimum absolute atomic E-state index is 0.00680. The van der Waals surface area contributed by atoms with Crippen LogP contribution in [-0.4, -0.2) is 32.1 Å². The average Bonchev–Trinajstić information content (AvgIpc) is 3.11. The van der Waals surface area contributed by atoms with Crippen molar-refractivity contribution in [3.05, 3.63) is 22.3 Å². The predicted molar refractivity (Wildman–Crippen MR) is 94.4 cm³/mol. The zero-order valence-electron chi connectivity index (χ0n) is 15.1. The monoisotopic (exact) mass is 365 g/mol. The number of nitrogens with one attached hydrogen (secondary N) is 1. The number of hydrogen-bond donors (Lipinski definition) is 1. The highest BCUT2D eigenvalue weighted by Crippen LogP contribution is 2.29. The van der Waals surface area contributed by atoms with Crippen LogP contribution in [0.25, 0.3) is 0 Å². The number of amides is 1. The molecule has 0 fully saturated rings. The van der Waals surface area contributed by atoms with Crippen LogP contribution in [0.4, 0.5) is 5.00 Å². The van der Waals surface area contributed by atoms with Gasteiger partial charge in [0.25, 0.3) is 0 Å². The number of aryl methyl sites for hydroxylation is 2. The lowest BCUT2D eigenvalue weighted by molar-refractivity contribution is -0.123. The third-order valence-corrected chi connectivity index (χ3v) is 4.53. The lowest BCUT2D eigenvalue weighted by atomic mass is 9.96. The van der Waals surface area contributed by atoms with Gasteiger partial charge in [0.15, 0.2) is 12.4 Å². The molecule has 1 N–H and O–H groups in total. The van der Waals surface area contributed by atoms with E-state index in [0.717, 1.165) is 12.0 Å². The number of anilines is 1. The van der Waals surface area contributed by atoms with E-state index in [1.165, 1.54) is 11.3 Å². The third kappa shape index (κ3) is 4.85. The molecule has 0 aliphatic rings. The van der Waals surface area contributed by atoms with E-state index in [1.807, 2.05) is 27.7 Å². The van der Waals surface area contributed by atoms with E-state index in [2.05, 4.69) is 20.8 Å². The smallest absolute Gasteiger partial charge is 0.349 e. The van der Waals surface area contributed by atoms with Crippen molar-refractivity contribution in [1.29, 1.82) is 0 Å². The highest BCUT2D eigenvalue weighted by atomic mass is 32.1. The van der Waals surface area contributed by atoms with Crippen LogP contribution in [0.3, 0.4) is 0 Å². The molecule has 0 bridgehead atoms. The number of esters is 1. The normalized spacial score (nSPS) is 11.4. The van der Waals surface area contributed by atoms with Crippen LogP contribution < -0.4 is 5.32 Å². The molecular formula is C16H23N5O3S. The number of carbonyl (C=O) groups is 2. The average molecular weight is 365 g/mol. The van der Waals surface area contributed by atoms with Gasteiger partial charge in [-0.05, 0) is 35.4 Å². The predicted octanol–water partition coefficient (Wildman–Crippen LogP) is 2.79. The Kier molecular flexibility index (Phi) is 5.89. The summed E-state index contributed by atoms with van der Waals surface area (Å²) < 4.78 is 6.94. The van der Waals surface area contributed by atoms with E-state index in [4.69, 9.17) is 4.74 Å². The molecule has 0 radical (unpaired) electrons. The Bertz CT molecular complexity index is 760. The molecule has 0 aliphatic carbocycles. The van der Waals surface area contributed by atoms with Crippen molar-refractivity contribution >= 4 is 28.2 Å². The SMILES string of the molecule is CCCn1nnnc1COC(=O)c1sc(NC(=O)C(C)(C)C)cc1C. The number of tetrazole rings is 1. The van der Waals surface area contributed by atoms with E-state index >= 15 is 0 Å². The summed E-state index contributed by atoms with van der Waals surface area (Å²) in [5.41, 5.74) is 0.252. The van der Waals surface area contributed by atoms with Crippen LogP contribution in [-0.2, 0) is 22.7 Å². The molecule has 8 nitrogen and oxygen atoms in total. The highest BCUT2D eigenvalue weighted by Gasteiger charge is 2.23. The molecule has 2 aromatic rings. The summed E-state index contributed by atoms with van der Waals surface area (Å²) in [6.45, 7) is 9.99. The Labute approximate surface area is 150 Å². The van der Waals surface area contributed by atoms with Gasteiger partial charge in [-0.1, -0.05) is 27.7 Å². The zero-order valence-corrected chi connectivity index (χ0v) is 15.9. The number of carbonyl (C=O) groups excluding carboxylic acids is 2. The Morgan fingerprint density at radius 3 is 2.72 bits per heavy atom. The number of thiophene rings is 1. The maximum Gasteiger partial charge on any atom is 0.349 e. The Balaban J connectivity index is 2.02. The van der Waals surface area contributed by atoms with Crippen molar-refractivity contribution in [2.75, 3.05) is 5.32 Å². The standard InChI is InChI=1S/C16H23N5O3S/c1-6-7-21-11(18-19-20-21)9-24-14(22)13-10(2)8-12(25-13)17-15(23)16(3,4)5/h8H,6-7,9H2,1-5H3,(H,17,23). The van der Waals surface area contributed by atoms with Crippen molar-refractivity contribution in [2.45, 2.75) is 54.2 Å². The molecule has 0 aromatic carbocycles. The van der Waals surface area contributed by atoms with Gasteiger partial charge in [0, 0.05) is 12.0 Å². The largest absolute Gasteiger partial charge is 0.453 e. The van der Waals surface area contributed by atoms with Gasteiger partial charge in [0.05, 0.1) is 5.00 Å². The summed E-state index contributed by atoms with van der Waals surface area (Å²) in [5.74, 6) is -0.0529. The minimum Gasteiger partial charge on any atom is -0.453 e. The maximum absolute atomic E-state index is 12.3. The molecule has 25 heavy (non-hydrogen) atoms. The zero-order chi connectivity index (χ0) is 18.6. The van der Waals surface area contributed by atoms with Crippen molar-refractivity contribution in [3.8, 4) is 0 Å². The Morgan fingerprint density at radius 2 is 2.08 bits per heavy atom. The highest BCUT2D eigenvalue weighted by molar-refractivity contribution is 7.18. The van der Waals surface area contributed by atoms with Crippen LogP contribution >= 0.6 is 11.3 Å². The fourth-order valence-corrected chi connectivity index (χ4v) is 2.92. The summed E-state index contributed by atoms with van der Waals surface area (Å²) in [4.78, 5) is 24.8. The summed E-state index contributed by atoms with van der Waals surface area (Å²) in [6, 6.07) is 1.77. The lowest BCUT2D eigenvalue weighted by Crippen LogP contribution is -2.27. The molecule has 0 saturated heterocycles. The van der Waals surface area contributed by atoms with E-state index in [9.17, 15) is 9.59 Å². The summed E-state index contributed by atoms with van der Waals surface area (Å²) >= 11 is 1.20. The number of nitrogens with zero attached hydrogens (tertiary/aromatic N) is 4. The molecular weight excluding hydrogens is 342 g/mol. The van der Waals surface area contributed by atoms with Crippen molar-refractivity contribution in [1.82, 2.24) is 20.2 Å². The van der Waals surface area contributed by atoms with Gasteiger partial charge in [-0.2, -0.15) is 0 Å². The number of ether oxygens (including phenoxy) is 1. The molecule has 0 aliphatic heterocycles. The van der Waals surface area contributed by atoms with Crippen LogP contribution in [0.1, 0.15) is 55.2 Å². The van der Waals surface area contributed by atoms with Gasteiger partial charge in [0.1, 0.15) is 4.88 Å². The van der Waals surface area contributed by atoms with Gasteiger partial charge in [-0.3, -0.25) is 4.79 Å². The van der Waals surface area contributed by atoms with E-state index in [-0.39, 0.29) is 12.5 Å². The summed E-state index contributed by atoms with van der Waals surface area (Å²) in [6.07, 6.45) is 0.882. The molecule has 0 atom stereocenters. The summed E-state index contributed by atoms with van der Waals surface area (Å²) in [7, 11) is 0. The molecule has 2 heterocycles. The van der Waals surface area contributed by atoms with Gasteiger partial charge >= 0.3 is 5.97 Å². The van der Waals surface area contributed by atoms with Crippen LogP contribution in [0.5, 0.6) is 0 Å². The first-order chi connectivity index (χ1) is 11.7. The number of aromatic nitrogens is 4. The molecule has 0 unspecified atom stereocenters. The molecule has 136 valence electrons. The van der Waals surface area contributed by atoms with E-state index in [0.29, 0.717) is 22.2 Å². The van der Waals surface area contributed by atoms with Crippen LogP contribution in [0, 0.1) is 12.3 Å². The van der Waals surface area contributed by atoms with Crippen molar-refractivity contribution < 1.29 is 14.3 Å². The third-order valence-electron chi connectivity index (χ3n) is 3.39. The molecule has 1 amide bonds. The van der Waals surface area contributed by atoms with Crippen molar-refractivity contribution in [3.63, 3.8) is 0 Å². The lowest BCUT2D eigenvalue weighted by Gasteiger charge is -2.16. The second-order valence-electron chi connectivity index (χ2n) is 6.72.